The van der Waals surface area contributed by atoms with E-state index in [-0.39, 0.29) is 5.54 Å². The highest BCUT2D eigenvalue weighted by atomic mass is 14.9. The van der Waals surface area contributed by atoms with Gasteiger partial charge in [-0.1, -0.05) is 0 Å². The van der Waals surface area contributed by atoms with E-state index < -0.39 is 0 Å². The monoisotopic (exact) mass is 144 g/mol. The molecule has 3 N–H and O–H groups in total. The molecule has 0 aliphatic rings. The summed E-state index contributed by atoms with van der Waals surface area (Å²) in [4.78, 5) is 0. The summed E-state index contributed by atoms with van der Waals surface area (Å²) >= 11 is 0. The summed E-state index contributed by atoms with van der Waals surface area (Å²) in [5.74, 6) is 0. The maximum atomic E-state index is 5.81. The lowest BCUT2D eigenvalue weighted by Crippen LogP contribution is -2.34. The van der Waals surface area contributed by atoms with Crippen molar-refractivity contribution in [3.8, 4) is 0 Å². The highest BCUT2D eigenvalue weighted by Crippen LogP contribution is 2.08. The number of hydrogen-bond donors (Lipinski definition) is 2. The zero-order valence-electron chi connectivity index (χ0n) is 7.57. The van der Waals surface area contributed by atoms with E-state index in [1.807, 2.05) is 7.05 Å². The zero-order chi connectivity index (χ0) is 8.20. The average molecular weight is 144 g/mol. The van der Waals surface area contributed by atoms with E-state index in [9.17, 15) is 0 Å². The van der Waals surface area contributed by atoms with Gasteiger partial charge in [-0.3, -0.25) is 0 Å². The number of rotatable bonds is 4. The van der Waals surface area contributed by atoms with Crippen molar-refractivity contribution in [1.82, 2.24) is 5.32 Å². The summed E-state index contributed by atoms with van der Waals surface area (Å²) in [6, 6.07) is 0.586. The van der Waals surface area contributed by atoms with Crippen LogP contribution in [0.1, 0.15) is 33.6 Å². The van der Waals surface area contributed by atoms with Gasteiger partial charge in [0.1, 0.15) is 0 Å². The third-order valence-electron chi connectivity index (χ3n) is 1.71. The molecule has 0 aliphatic heterocycles. The molecule has 0 saturated heterocycles. The molecule has 0 heterocycles. The molecule has 1 atom stereocenters. The average Bonchev–Trinajstić information content (AvgIpc) is 1.81. The van der Waals surface area contributed by atoms with Gasteiger partial charge in [-0.15, -0.1) is 0 Å². The Labute approximate surface area is 64.2 Å². The summed E-state index contributed by atoms with van der Waals surface area (Å²) in [6.07, 6.45) is 2.23. The van der Waals surface area contributed by atoms with Crippen LogP contribution in [-0.2, 0) is 0 Å². The molecule has 10 heavy (non-hydrogen) atoms. The molecule has 0 rings (SSSR count). The van der Waals surface area contributed by atoms with Crippen molar-refractivity contribution in [2.24, 2.45) is 5.73 Å². The standard InChI is InChI=1S/C8H20N2/c1-7(10-4)5-6-8(2,3)9/h7,10H,5-6,9H2,1-4H3. The second kappa shape index (κ2) is 3.94. The van der Waals surface area contributed by atoms with Gasteiger partial charge in [0, 0.05) is 11.6 Å². The summed E-state index contributed by atoms with van der Waals surface area (Å²) in [5.41, 5.74) is 5.80. The van der Waals surface area contributed by atoms with E-state index in [4.69, 9.17) is 5.73 Å². The van der Waals surface area contributed by atoms with Crippen molar-refractivity contribution in [2.45, 2.75) is 45.2 Å². The van der Waals surface area contributed by atoms with E-state index >= 15 is 0 Å². The molecule has 0 aromatic carbocycles. The van der Waals surface area contributed by atoms with Crippen LogP contribution in [0.4, 0.5) is 0 Å². The topological polar surface area (TPSA) is 38.0 Å². The fourth-order valence-electron chi connectivity index (χ4n) is 0.733. The van der Waals surface area contributed by atoms with Gasteiger partial charge in [0.25, 0.3) is 0 Å². The fourth-order valence-corrected chi connectivity index (χ4v) is 0.733. The molecule has 0 aliphatic carbocycles. The normalized spacial score (nSPS) is 15.3. The van der Waals surface area contributed by atoms with Crippen molar-refractivity contribution in [1.29, 1.82) is 0 Å². The van der Waals surface area contributed by atoms with Crippen LogP contribution in [0, 0.1) is 0 Å². The maximum Gasteiger partial charge on any atom is 0.00976 e. The molecule has 0 fully saturated rings. The van der Waals surface area contributed by atoms with Crippen LogP contribution in [0.25, 0.3) is 0 Å². The Bertz CT molecular complexity index is 83.7. The summed E-state index contributed by atoms with van der Waals surface area (Å²) in [7, 11) is 1.98. The fraction of sp³-hybridized carbons (Fsp3) is 1.00. The Morgan fingerprint density at radius 3 is 2.30 bits per heavy atom. The Morgan fingerprint density at radius 1 is 1.50 bits per heavy atom. The van der Waals surface area contributed by atoms with Crippen LogP contribution >= 0.6 is 0 Å². The molecular weight excluding hydrogens is 124 g/mol. The van der Waals surface area contributed by atoms with Crippen LogP contribution in [0.15, 0.2) is 0 Å². The lowest BCUT2D eigenvalue weighted by atomic mass is 9.97. The number of nitrogens with two attached hydrogens (primary N) is 1. The molecule has 2 heteroatoms. The minimum absolute atomic E-state index is 0.00882. The van der Waals surface area contributed by atoms with Crippen LogP contribution in [0.2, 0.25) is 0 Å². The summed E-state index contributed by atoms with van der Waals surface area (Å²) in [6.45, 7) is 6.30. The molecule has 0 aromatic heterocycles. The minimum Gasteiger partial charge on any atom is -0.326 e. The van der Waals surface area contributed by atoms with Gasteiger partial charge in [-0.05, 0) is 40.7 Å². The molecule has 0 saturated carbocycles. The molecule has 62 valence electrons. The summed E-state index contributed by atoms with van der Waals surface area (Å²) < 4.78 is 0. The summed E-state index contributed by atoms with van der Waals surface area (Å²) in [5, 5.41) is 3.18. The van der Waals surface area contributed by atoms with E-state index in [2.05, 4.69) is 26.1 Å². The molecule has 0 spiro atoms. The number of nitrogens with one attached hydrogen (secondary N) is 1. The zero-order valence-corrected chi connectivity index (χ0v) is 7.57. The van der Waals surface area contributed by atoms with Crippen molar-refractivity contribution in [2.75, 3.05) is 7.05 Å². The van der Waals surface area contributed by atoms with E-state index in [1.54, 1.807) is 0 Å². The SMILES string of the molecule is CNC(C)CCC(C)(C)N. The Kier molecular flexibility index (Phi) is 3.91. The van der Waals surface area contributed by atoms with Crippen LogP contribution in [0.5, 0.6) is 0 Å². The predicted octanol–water partition coefficient (Wildman–Crippen LogP) is 1.11. The first kappa shape index (κ1) is 9.92. The number of hydrogen-bond acceptors (Lipinski definition) is 2. The van der Waals surface area contributed by atoms with Gasteiger partial charge in [0.15, 0.2) is 0 Å². The molecule has 1 unspecified atom stereocenters. The Hall–Kier alpha value is -0.0800. The molecule has 0 amide bonds. The van der Waals surface area contributed by atoms with Gasteiger partial charge in [-0.2, -0.15) is 0 Å². The molecular formula is C8H20N2. The Balaban J connectivity index is 3.36. The molecule has 0 radical (unpaired) electrons. The van der Waals surface area contributed by atoms with E-state index in [0.717, 1.165) is 12.8 Å². The minimum atomic E-state index is -0.00882. The molecule has 0 aromatic rings. The molecule has 2 nitrogen and oxygen atoms in total. The van der Waals surface area contributed by atoms with Crippen molar-refractivity contribution in [3.05, 3.63) is 0 Å². The van der Waals surface area contributed by atoms with Crippen LogP contribution in [0.3, 0.4) is 0 Å². The van der Waals surface area contributed by atoms with Crippen LogP contribution in [-0.4, -0.2) is 18.6 Å². The highest BCUT2D eigenvalue weighted by Gasteiger charge is 2.11. The second-order valence-corrected chi connectivity index (χ2v) is 3.72. The Morgan fingerprint density at radius 2 is 2.00 bits per heavy atom. The lowest BCUT2D eigenvalue weighted by Gasteiger charge is -2.20. The first-order valence-corrected chi connectivity index (χ1v) is 3.92. The second-order valence-electron chi connectivity index (χ2n) is 3.72. The smallest absolute Gasteiger partial charge is 0.00976 e. The van der Waals surface area contributed by atoms with E-state index in [1.165, 1.54) is 0 Å². The van der Waals surface area contributed by atoms with Crippen LogP contribution < -0.4 is 11.1 Å². The quantitative estimate of drug-likeness (QED) is 0.620. The van der Waals surface area contributed by atoms with Gasteiger partial charge < -0.3 is 11.1 Å². The van der Waals surface area contributed by atoms with E-state index in [0.29, 0.717) is 6.04 Å². The highest BCUT2D eigenvalue weighted by molar-refractivity contribution is 4.73. The lowest BCUT2D eigenvalue weighted by molar-refractivity contribution is 0.417. The van der Waals surface area contributed by atoms with Crippen molar-refractivity contribution in [3.63, 3.8) is 0 Å². The van der Waals surface area contributed by atoms with Gasteiger partial charge in [0.05, 0.1) is 0 Å². The van der Waals surface area contributed by atoms with Gasteiger partial charge >= 0.3 is 0 Å². The van der Waals surface area contributed by atoms with Crippen molar-refractivity contribution >= 4 is 0 Å². The maximum absolute atomic E-state index is 5.81. The largest absolute Gasteiger partial charge is 0.326 e. The van der Waals surface area contributed by atoms with Gasteiger partial charge in [-0.25, -0.2) is 0 Å². The van der Waals surface area contributed by atoms with Crippen molar-refractivity contribution < 1.29 is 0 Å². The first-order chi connectivity index (χ1) is 4.45. The predicted molar refractivity (Wildman–Crippen MR) is 46.0 cm³/mol. The van der Waals surface area contributed by atoms with Gasteiger partial charge in [0.2, 0.25) is 0 Å². The third kappa shape index (κ3) is 6.05. The molecule has 0 bridgehead atoms. The first-order valence-electron chi connectivity index (χ1n) is 3.92. The third-order valence-corrected chi connectivity index (χ3v) is 1.71.